The number of ether oxygens (including phenoxy) is 2. The van der Waals surface area contributed by atoms with Crippen molar-refractivity contribution in [2.45, 2.75) is 57.0 Å². The highest BCUT2D eigenvalue weighted by Crippen LogP contribution is 2.34. The molecule has 3 heterocycles. The summed E-state index contributed by atoms with van der Waals surface area (Å²) < 4.78 is 11.1. The third-order valence-electron chi connectivity index (χ3n) is 6.94. The Kier molecular flexibility index (Phi) is 8.40. The first-order chi connectivity index (χ1) is 17.5. The SMILES string of the molecule is COc1cc2cc(c1OC)CCCNC(=O)C[C@@H]1CC[C@H](CNC(=O)CC2)N1C(=O)c1ccncc1. The van der Waals surface area contributed by atoms with Crippen LogP contribution >= 0.6 is 0 Å². The molecule has 2 aliphatic heterocycles. The third kappa shape index (κ3) is 5.95. The van der Waals surface area contributed by atoms with Gasteiger partial charge >= 0.3 is 0 Å². The number of amides is 3. The van der Waals surface area contributed by atoms with E-state index in [0.717, 1.165) is 24.0 Å². The number of aromatic nitrogens is 1. The van der Waals surface area contributed by atoms with E-state index in [0.29, 0.717) is 55.8 Å². The zero-order chi connectivity index (χ0) is 25.5. The minimum Gasteiger partial charge on any atom is -0.493 e. The highest BCUT2D eigenvalue weighted by molar-refractivity contribution is 5.95. The monoisotopic (exact) mass is 494 g/mol. The number of hydrogen-bond donors (Lipinski definition) is 2. The summed E-state index contributed by atoms with van der Waals surface area (Å²) in [5.74, 6) is 1.01. The highest BCUT2D eigenvalue weighted by atomic mass is 16.5. The topological polar surface area (TPSA) is 110 Å². The Balaban J connectivity index is 1.55. The molecular formula is C27H34N4O5. The van der Waals surface area contributed by atoms with Crippen molar-refractivity contribution < 1.29 is 23.9 Å². The van der Waals surface area contributed by atoms with Crippen LogP contribution in [0.5, 0.6) is 11.5 Å². The molecule has 0 spiro atoms. The quantitative estimate of drug-likeness (QED) is 0.678. The van der Waals surface area contributed by atoms with Crippen molar-refractivity contribution in [3.63, 3.8) is 0 Å². The van der Waals surface area contributed by atoms with E-state index >= 15 is 0 Å². The lowest BCUT2D eigenvalue weighted by molar-refractivity contribution is -0.123. The molecule has 2 aromatic rings. The molecule has 36 heavy (non-hydrogen) atoms. The van der Waals surface area contributed by atoms with Gasteiger partial charge in [0.15, 0.2) is 11.5 Å². The second-order valence-corrected chi connectivity index (χ2v) is 9.29. The number of nitrogens with one attached hydrogen (secondary N) is 2. The van der Waals surface area contributed by atoms with Gasteiger partial charge in [-0.2, -0.15) is 0 Å². The zero-order valence-electron chi connectivity index (χ0n) is 20.9. The smallest absolute Gasteiger partial charge is 0.254 e. The number of methoxy groups -OCH3 is 2. The summed E-state index contributed by atoms with van der Waals surface area (Å²) in [4.78, 5) is 44.7. The summed E-state index contributed by atoms with van der Waals surface area (Å²) in [6, 6.07) is 6.92. The van der Waals surface area contributed by atoms with Gasteiger partial charge in [0.2, 0.25) is 11.8 Å². The first kappa shape index (κ1) is 25.5. The molecule has 1 fully saturated rings. The number of pyridine rings is 1. The summed E-state index contributed by atoms with van der Waals surface area (Å²) >= 11 is 0. The normalized spacial score (nSPS) is 21.2. The molecule has 3 amide bonds. The number of nitrogens with zero attached hydrogens (tertiary/aromatic N) is 2. The van der Waals surface area contributed by atoms with Gasteiger partial charge in [-0.05, 0) is 61.4 Å². The van der Waals surface area contributed by atoms with Gasteiger partial charge in [0, 0.05) is 56.0 Å². The molecule has 4 bridgehead atoms. The van der Waals surface area contributed by atoms with Crippen LogP contribution < -0.4 is 20.1 Å². The standard InChI is InChI=1S/C27H34N4O5/c1-35-23-15-18-5-8-24(32)30-17-22-7-6-21(31(22)27(34)19-9-12-28-13-10-19)16-25(33)29-11-3-4-20(14-18)26(23)36-2/h9-10,12-15,21-22H,3-8,11,16-17H2,1-2H3,(H,29,33)(H,30,32)/t21-,22+/m0/s1. The average molecular weight is 495 g/mol. The Morgan fingerprint density at radius 3 is 2.50 bits per heavy atom. The van der Waals surface area contributed by atoms with Crippen molar-refractivity contribution in [1.82, 2.24) is 20.5 Å². The van der Waals surface area contributed by atoms with Crippen molar-refractivity contribution in [3.05, 3.63) is 53.3 Å². The van der Waals surface area contributed by atoms with Crippen LogP contribution in [-0.2, 0) is 22.4 Å². The van der Waals surface area contributed by atoms with Gasteiger partial charge in [-0.3, -0.25) is 19.4 Å². The molecule has 1 aromatic carbocycles. The van der Waals surface area contributed by atoms with E-state index in [-0.39, 0.29) is 36.2 Å². The summed E-state index contributed by atoms with van der Waals surface area (Å²) in [5, 5.41) is 6.02. The number of carbonyl (C=O) groups excluding carboxylic acids is 3. The number of carbonyl (C=O) groups is 3. The van der Waals surface area contributed by atoms with Crippen LogP contribution in [0.3, 0.4) is 0 Å². The second kappa shape index (κ2) is 11.9. The van der Waals surface area contributed by atoms with Crippen LogP contribution in [0, 0.1) is 0 Å². The van der Waals surface area contributed by atoms with E-state index in [2.05, 4.69) is 15.6 Å². The molecule has 1 aromatic heterocycles. The molecular weight excluding hydrogens is 460 g/mol. The van der Waals surface area contributed by atoms with Gasteiger partial charge in [-0.1, -0.05) is 6.07 Å². The highest BCUT2D eigenvalue weighted by Gasteiger charge is 2.38. The Labute approximate surface area is 211 Å². The maximum atomic E-state index is 13.4. The van der Waals surface area contributed by atoms with Crippen LogP contribution in [0.25, 0.3) is 0 Å². The average Bonchev–Trinajstić information content (AvgIpc) is 3.29. The molecule has 4 rings (SSSR count). The fraction of sp³-hybridized carbons (Fsp3) is 0.481. The molecule has 0 aliphatic carbocycles. The fourth-order valence-corrected chi connectivity index (χ4v) is 5.14. The molecule has 0 saturated carbocycles. The Morgan fingerprint density at radius 1 is 0.972 bits per heavy atom. The molecule has 2 N–H and O–H groups in total. The minimum atomic E-state index is -0.220. The molecule has 0 unspecified atom stereocenters. The van der Waals surface area contributed by atoms with Crippen molar-refractivity contribution in [2.75, 3.05) is 27.3 Å². The fourth-order valence-electron chi connectivity index (χ4n) is 5.14. The number of aryl methyl sites for hydroxylation is 2. The summed E-state index contributed by atoms with van der Waals surface area (Å²) in [6.45, 7) is 0.869. The van der Waals surface area contributed by atoms with Gasteiger partial charge in [0.1, 0.15) is 0 Å². The largest absolute Gasteiger partial charge is 0.493 e. The van der Waals surface area contributed by atoms with Crippen LogP contribution in [0.1, 0.15) is 53.6 Å². The van der Waals surface area contributed by atoms with Crippen LogP contribution in [0.2, 0.25) is 0 Å². The van der Waals surface area contributed by atoms with E-state index in [1.54, 1.807) is 43.6 Å². The summed E-state index contributed by atoms with van der Waals surface area (Å²) in [5.41, 5.74) is 2.50. The van der Waals surface area contributed by atoms with E-state index in [1.807, 2.05) is 12.1 Å². The van der Waals surface area contributed by atoms with Crippen molar-refractivity contribution >= 4 is 17.7 Å². The summed E-state index contributed by atoms with van der Waals surface area (Å²) in [6.07, 6.45) is 7.14. The lowest BCUT2D eigenvalue weighted by atomic mass is 10.0. The second-order valence-electron chi connectivity index (χ2n) is 9.29. The molecule has 9 heteroatoms. The predicted molar refractivity (Wildman–Crippen MR) is 134 cm³/mol. The summed E-state index contributed by atoms with van der Waals surface area (Å²) in [7, 11) is 3.21. The Morgan fingerprint density at radius 2 is 1.75 bits per heavy atom. The first-order valence-corrected chi connectivity index (χ1v) is 12.5. The van der Waals surface area contributed by atoms with Crippen molar-refractivity contribution in [2.24, 2.45) is 0 Å². The minimum absolute atomic E-state index is 0.0758. The molecule has 9 nitrogen and oxygen atoms in total. The van der Waals surface area contributed by atoms with Crippen LogP contribution in [0.4, 0.5) is 0 Å². The molecule has 2 atom stereocenters. The maximum Gasteiger partial charge on any atom is 0.254 e. The van der Waals surface area contributed by atoms with E-state index in [4.69, 9.17) is 9.47 Å². The Bertz CT molecular complexity index is 1090. The van der Waals surface area contributed by atoms with Crippen LogP contribution in [0.15, 0.2) is 36.7 Å². The van der Waals surface area contributed by atoms with E-state index in [1.165, 1.54) is 0 Å². The Hall–Kier alpha value is -3.62. The van der Waals surface area contributed by atoms with Crippen LogP contribution in [-0.4, -0.2) is 67.0 Å². The van der Waals surface area contributed by atoms with Gasteiger partial charge in [0.05, 0.1) is 14.2 Å². The van der Waals surface area contributed by atoms with E-state index < -0.39 is 0 Å². The van der Waals surface area contributed by atoms with Gasteiger partial charge < -0.3 is 25.0 Å². The third-order valence-corrected chi connectivity index (χ3v) is 6.94. The van der Waals surface area contributed by atoms with Gasteiger partial charge in [-0.25, -0.2) is 0 Å². The number of rotatable bonds is 3. The lowest BCUT2D eigenvalue weighted by Crippen LogP contribution is -2.47. The molecule has 0 radical (unpaired) electrons. The molecule has 2 aliphatic rings. The number of fused-ring (bicyclic) bond motifs is 4. The zero-order valence-corrected chi connectivity index (χ0v) is 20.9. The van der Waals surface area contributed by atoms with Gasteiger partial charge in [-0.15, -0.1) is 0 Å². The predicted octanol–water partition coefficient (Wildman–Crippen LogP) is 2.27. The van der Waals surface area contributed by atoms with Gasteiger partial charge in [0.25, 0.3) is 5.91 Å². The molecule has 192 valence electrons. The van der Waals surface area contributed by atoms with Crippen molar-refractivity contribution in [3.8, 4) is 11.5 Å². The number of hydrogen-bond acceptors (Lipinski definition) is 6. The van der Waals surface area contributed by atoms with Crippen molar-refractivity contribution in [1.29, 1.82) is 0 Å². The van der Waals surface area contributed by atoms with E-state index in [9.17, 15) is 14.4 Å². The molecule has 1 saturated heterocycles. The lowest BCUT2D eigenvalue weighted by Gasteiger charge is -2.30. The first-order valence-electron chi connectivity index (χ1n) is 12.5. The maximum absolute atomic E-state index is 13.4. The number of benzene rings is 1.